The summed E-state index contributed by atoms with van der Waals surface area (Å²) in [6.45, 7) is 7.69. The van der Waals surface area contributed by atoms with Crippen LogP contribution < -0.4 is 0 Å². The number of fused-ring (bicyclic) bond motifs is 2. The maximum atomic E-state index is 2.46. The third-order valence-corrected chi connectivity index (χ3v) is 4.73. The van der Waals surface area contributed by atoms with Crippen molar-refractivity contribution in [3.63, 3.8) is 0 Å². The molecule has 0 saturated carbocycles. The summed E-state index contributed by atoms with van der Waals surface area (Å²) in [7, 11) is 0. The second kappa shape index (κ2) is 6.93. The van der Waals surface area contributed by atoms with E-state index in [0.717, 1.165) is 32.5 Å². The molecule has 2 aromatic rings. The number of aryl methyl sites for hydroxylation is 2. The second-order valence-electron chi connectivity index (χ2n) is 5.92. The zero-order chi connectivity index (χ0) is 15.4. The van der Waals surface area contributed by atoms with Crippen LogP contribution in [0.3, 0.4) is 0 Å². The number of hydrogen-bond acceptors (Lipinski definition) is 1. The number of nitrogens with zero attached hydrogens (tertiary/aromatic N) is 1. The first-order chi connectivity index (χ1) is 10.8. The topological polar surface area (TPSA) is 3.24 Å². The number of rotatable bonds is 4. The summed E-state index contributed by atoms with van der Waals surface area (Å²) in [5.41, 5.74) is 7.20. The van der Waals surface area contributed by atoms with E-state index in [0.29, 0.717) is 0 Å². The van der Waals surface area contributed by atoms with Gasteiger partial charge in [-0.15, -0.1) is 0 Å². The molecule has 114 valence electrons. The molecule has 0 aliphatic heterocycles. The van der Waals surface area contributed by atoms with E-state index >= 15 is 0 Å². The van der Waals surface area contributed by atoms with Crippen molar-refractivity contribution in [2.24, 2.45) is 0 Å². The molecule has 0 amide bonds. The van der Waals surface area contributed by atoms with E-state index in [1.807, 2.05) is 0 Å². The summed E-state index contributed by atoms with van der Waals surface area (Å²) in [4.78, 5) is 2.46. The molecule has 1 aliphatic carbocycles. The Balaban J connectivity index is 2.08. The van der Waals surface area contributed by atoms with Gasteiger partial charge < -0.3 is 4.90 Å². The fraction of sp³-hybridized carbons (Fsp3) is 0.333. The first-order valence-corrected chi connectivity index (χ1v) is 8.42. The van der Waals surface area contributed by atoms with E-state index in [4.69, 9.17) is 0 Å². The van der Waals surface area contributed by atoms with E-state index in [2.05, 4.69) is 73.4 Å². The van der Waals surface area contributed by atoms with Gasteiger partial charge >= 0.3 is 0 Å². The molecule has 2 aromatic carbocycles. The van der Waals surface area contributed by atoms with Crippen LogP contribution in [0.5, 0.6) is 0 Å². The molecule has 1 heteroatoms. The average Bonchev–Trinajstić information content (AvgIpc) is 2.73. The lowest BCUT2D eigenvalue weighted by atomic mass is 9.94. The molecule has 1 aliphatic rings. The van der Waals surface area contributed by atoms with E-state index in [1.54, 1.807) is 0 Å². The zero-order valence-electron chi connectivity index (χ0n) is 13.7. The van der Waals surface area contributed by atoms with Crippen LogP contribution in [0.1, 0.15) is 36.1 Å². The fourth-order valence-electron chi connectivity index (χ4n) is 3.34. The molecular formula is C21H25N. The van der Waals surface area contributed by atoms with Gasteiger partial charge in [0.1, 0.15) is 0 Å². The summed E-state index contributed by atoms with van der Waals surface area (Å²) in [6.07, 6.45) is 4.70. The van der Waals surface area contributed by atoms with Crippen LogP contribution in [0.25, 0.3) is 5.57 Å². The van der Waals surface area contributed by atoms with Crippen LogP contribution in [0.4, 0.5) is 0 Å². The molecule has 3 rings (SSSR count). The van der Waals surface area contributed by atoms with Crippen LogP contribution in [0, 0.1) is 0 Å². The Morgan fingerprint density at radius 2 is 1.32 bits per heavy atom. The van der Waals surface area contributed by atoms with E-state index in [9.17, 15) is 0 Å². The summed E-state index contributed by atoms with van der Waals surface area (Å²) in [6, 6.07) is 17.8. The minimum atomic E-state index is 1.02. The molecule has 0 atom stereocenters. The molecule has 0 N–H and O–H groups in total. The number of benzene rings is 2. The number of likely N-dealkylation sites (N-methyl/N-ethyl adjacent to an activating group) is 1. The molecule has 0 bridgehead atoms. The SMILES string of the molecule is CCN(CC)CC=C1c2ccccc2CCc2ccccc21. The van der Waals surface area contributed by atoms with Gasteiger partial charge in [-0.3, -0.25) is 0 Å². The molecule has 0 spiro atoms. The van der Waals surface area contributed by atoms with Gasteiger partial charge in [-0.2, -0.15) is 0 Å². The summed E-state index contributed by atoms with van der Waals surface area (Å²) in [5, 5.41) is 0. The van der Waals surface area contributed by atoms with Crippen LogP contribution in [-0.4, -0.2) is 24.5 Å². The Kier molecular flexibility index (Phi) is 4.74. The molecule has 0 heterocycles. The Hall–Kier alpha value is -1.86. The third-order valence-electron chi connectivity index (χ3n) is 4.73. The predicted octanol–water partition coefficient (Wildman–Crippen LogP) is 4.56. The van der Waals surface area contributed by atoms with Gasteiger partial charge in [-0.25, -0.2) is 0 Å². The minimum absolute atomic E-state index is 1.02. The standard InChI is InChI=1S/C21H25N/c1-3-22(4-2)16-15-21-19-11-7-5-9-17(19)13-14-18-10-6-8-12-20(18)21/h5-12,15H,3-4,13-14,16H2,1-2H3. The highest BCUT2D eigenvalue weighted by molar-refractivity contribution is 5.84. The van der Waals surface area contributed by atoms with Gasteiger partial charge in [-0.1, -0.05) is 68.5 Å². The van der Waals surface area contributed by atoms with Gasteiger partial charge in [0, 0.05) is 6.54 Å². The highest BCUT2D eigenvalue weighted by atomic mass is 15.1. The van der Waals surface area contributed by atoms with Crippen LogP contribution >= 0.6 is 0 Å². The summed E-state index contributed by atoms with van der Waals surface area (Å²) < 4.78 is 0. The van der Waals surface area contributed by atoms with Crippen molar-refractivity contribution in [1.29, 1.82) is 0 Å². The van der Waals surface area contributed by atoms with Gasteiger partial charge in [-0.05, 0) is 53.8 Å². The lowest BCUT2D eigenvalue weighted by Crippen LogP contribution is -2.23. The number of hydrogen-bond donors (Lipinski definition) is 0. The first-order valence-electron chi connectivity index (χ1n) is 8.42. The van der Waals surface area contributed by atoms with Gasteiger partial charge in [0.2, 0.25) is 0 Å². The van der Waals surface area contributed by atoms with Gasteiger partial charge in [0.05, 0.1) is 0 Å². The normalized spacial score (nSPS) is 13.5. The molecule has 0 radical (unpaired) electrons. The molecule has 0 fully saturated rings. The molecule has 0 unspecified atom stereocenters. The summed E-state index contributed by atoms with van der Waals surface area (Å²) in [5.74, 6) is 0. The van der Waals surface area contributed by atoms with E-state index in [-0.39, 0.29) is 0 Å². The highest BCUT2D eigenvalue weighted by Gasteiger charge is 2.17. The van der Waals surface area contributed by atoms with Crippen molar-refractivity contribution < 1.29 is 0 Å². The van der Waals surface area contributed by atoms with Crippen molar-refractivity contribution in [3.05, 3.63) is 76.9 Å². The average molecular weight is 291 g/mol. The molecule has 0 saturated heterocycles. The third kappa shape index (κ3) is 3.00. The fourth-order valence-corrected chi connectivity index (χ4v) is 3.34. The lowest BCUT2D eigenvalue weighted by Gasteiger charge is -2.18. The van der Waals surface area contributed by atoms with Crippen molar-refractivity contribution in [2.45, 2.75) is 26.7 Å². The van der Waals surface area contributed by atoms with Crippen molar-refractivity contribution in [3.8, 4) is 0 Å². The first kappa shape index (κ1) is 15.1. The largest absolute Gasteiger partial charge is 0.300 e. The maximum absolute atomic E-state index is 2.46. The smallest absolute Gasteiger partial charge is 0.0172 e. The monoisotopic (exact) mass is 291 g/mol. The molecule has 0 aromatic heterocycles. The minimum Gasteiger partial charge on any atom is -0.300 e. The predicted molar refractivity (Wildman–Crippen MR) is 95.2 cm³/mol. The Morgan fingerprint density at radius 1 is 0.818 bits per heavy atom. The van der Waals surface area contributed by atoms with Crippen LogP contribution in [-0.2, 0) is 12.8 Å². The van der Waals surface area contributed by atoms with Crippen molar-refractivity contribution in [1.82, 2.24) is 4.90 Å². The van der Waals surface area contributed by atoms with Crippen molar-refractivity contribution >= 4 is 5.57 Å². The summed E-state index contributed by atoms with van der Waals surface area (Å²) >= 11 is 0. The maximum Gasteiger partial charge on any atom is 0.0172 e. The van der Waals surface area contributed by atoms with E-state index in [1.165, 1.54) is 27.8 Å². The highest BCUT2D eigenvalue weighted by Crippen LogP contribution is 2.33. The van der Waals surface area contributed by atoms with Gasteiger partial charge in [0.15, 0.2) is 0 Å². The Bertz CT molecular complexity index is 616. The molecular weight excluding hydrogens is 266 g/mol. The van der Waals surface area contributed by atoms with Crippen LogP contribution in [0.2, 0.25) is 0 Å². The van der Waals surface area contributed by atoms with E-state index < -0.39 is 0 Å². The Labute approximate surface area is 134 Å². The Morgan fingerprint density at radius 3 is 1.82 bits per heavy atom. The zero-order valence-corrected chi connectivity index (χ0v) is 13.7. The van der Waals surface area contributed by atoms with Crippen LogP contribution in [0.15, 0.2) is 54.6 Å². The van der Waals surface area contributed by atoms with Gasteiger partial charge in [0.25, 0.3) is 0 Å². The van der Waals surface area contributed by atoms with Crippen molar-refractivity contribution in [2.75, 3.05) is 19.6 Å². The quantitative estimate of drug-likeness (QED) is 0.798. The second-order valence-corrected chi connectivity index (χ2v) is 5.92. The molecule has 22 heavy (non-hydrogen) atoms. The lowest BCUT2D eigenvalue weighted by molar-refractivity contribution is 0.337. The molecule has 1 nitrogen and oxygen atoms in total.